The van der Waals surface area contributed by atoms with Crippen LogP contribution in [0.2, 0.25) is 0 Å². The van der Waals surface area contributed by atoms with E-state index in [1.165, 1.54) is 0 Å². The predicted octanol–water partition coefficient (Wildman–Crippen LogP) is 4.50. The molecule has 4 rings (SSSR count). The highest BCUT2D eigenvalue weighted by Gasteiger charge is 2.20. The van der Waals surface area contributed by atoms with Crippen LogP contribution in [-0.2, 0) is 29.4 Å². The Hall–Kier alpha value is -3.28. The summed E-state index contributed by atoms with van der Waals surface area (Å²) in [5, 5.41) is 10.3. The van der Waals surface area contributed by atoms with Crippen molar-refractivity contribution in [2.24, 2.45) is 7.05 Å². The van der Waals surface area contributed by atoms with Crippen molar-refractivity contribution >= 4 is 22.8 Å². The van der Waals surface area contributed by atoms with E-state index in [4.69, 9.17) is 9.47 Å². The highest BCUT2D eigenvalue weighted by atomic mass is 16.5. The number of aromatic nitrogens is 1. The first-order chi connectivity index (χ1) is 14.9. The van der Waals surface area contributed by atoms with E-state index in [1.54, 1.807) is 25.3 Å². The summed E-state index contributed by atoms with van der Waals surface area (Å²) >= 11 is 0. The standard InChI is InChI=1S/C25H27NO5/c1-26-15-19(13-17-8-9-18(25(28)29)14-23(17)30-2)21-11-16(7-10-22(21)26)12-24(27)31-20-5-3-4-6-20/h7-11,14-15,20H,3-6,12-13H2,1-2H3,(H,28,29). The predicted molar refractivity (Wildman–Crippen MR) is 118 cm³/mol. The van der Waals surface area contributed by atoms with Gasteiger partial charge in [0.15, 0.2) is 0 Å². The summed E-state index contributed by atoms with van der Waals surface area (Å²) in [5.74, 6) is -0.605. The summed E-state index contributed by atoms with van der Waals surface area (Å²) in [4.78, 5) is 23.6. The molecule has 0 radical (unpaired) electrons. The summed E-state index contributed by atoms with van der Waals surface area (Å²) in [5.41, 5.74) is 4.19. The minimum Gasteiger partial charge on any atom is -0.496 e. The van der Waals surface area contributed by atoms with Gasteiger partial charge in [-0.15, -0.1) is 0 Å². The lowest BCUT2D eigenvalue weighted by molar-refractivity contribution is -0.147. The number of carbonyl (C=O) groups excluding carboxylic acids is 1. The van der Waals surface area contributed by atoms with Gasteiger partial charge in [-0.05, 0) is 66.6 Å². The Kier molecular flexibility index (Phi) is 5.98. The van der Waals surface area contributed by atoms with E-state index in [2.05, 4.69) is 16.8 Å². The van der Waals surface area contributed by atoms with Crippen molar-refractivity contribution < 1.29 is 24.2 Å². The Morgan fingerprint density at radius 2 is 1.87 bits per heavy atom. The van der Waals surface area contributed by atoms with Crippen LogP contribution in [0.25, 0.3) is 10.9 Å². The number of esters is 1. The van der Waals surface area contributed by atoms with E-state index >= 15 is 0 Å². The molecule has 0 spiro atoms. The Bertz CT molecular complexity index is 1120. The molecule has 6 nitrogen and oxygen atoms in total. The lowest BCUT2D eigenvalue weighted by Gasteiger charge is -2.11. The van der Waals surface area contributed by atoms with Gasteiger partial charge in [0.05, 0.1) is 19.1 Å². The molecule has 2 aromatic carbocycles. The van der Waals surface area contributed by atoms with Gasteiger partial charge in [-0.2, -0.15) is 0 Å². The highest BCUT2D eigenvalue weighted by Crippen LogP contribution is 2.29. The number of hydrogen-bond acceptors (Lipinski definition) is 4. The molecule has 0 saturated heterocycles. The fourth-order valence-corrected chi connectivity index (χ4v) is 4.40. The van der Waals surface area contributed by atoms with E-state index in [1.807, 2.05) is 19.2 Å². The monoisotopic (exact) mass is 421 g/mol. The number of carboxylic acids is 1. The lowest BCUT2D eigenvalue weighted by atomic mass is 10.00. The third-order valence-electron chi connectivity index (χ3n) is 6.00. The molecule has 0 aliphatic heterocycles. The Morgan fingerprint density at radius 1 is 1.10 bits per heavy atom. The summed E-state index contributed by atoms with van der Waals surface area (Å²) in [6.45, 7) is 0. The van der Waals surface area contributed by atoms with Gasteiger partial charge in [0.1, 0.15) is 11.9 Å². The first-order valence-electron chi connectivity index (χ1n) is 10.6. The van der Waals surface area contributed by atoms with Gasteiger partial charge in [-0.3, -0.25) is 4.79 Å². The zero-order chi connectivity index (χ0) is 22.0. The van der Waals surface area contributed by atoms with Crippen molar-refractivity contribution in [1.82, 2.24) is 4.57 Å². The Balaban J connectivity index is 1.59. The zero-order valence-corrected chi connectivity index (χ0v) is 17.9. The van der Waals surface area contributed by atoms with Crippen LogP contribution in [0.5, 0.6) is 5.75 Å². The van der Waals surface area contributed by atoms with Crippen LogP contribution in [0.1, 0.15) is 52.7 Å². The van der Waals surface area contributed by atoms with Crippen molar-refractivity contribution in [3.63, 3.8) is 0 Å². The van der Waals surface area contributed by atoms with Gasteiger partial charge in [0.2, 0.25) is 0 Å². The van der Waals surface area contributed by atoms with Gasteiger partial charge < -0.3 is 19.1 Å². The molecular weight excluding hydrogens is 394 g/mol. The van der Waals surface area contributed by atoms with Crippen LogP contribution in [0.15, 0.2) is 42.6 Å². The summed E-state index contributed by atoms with van der Waals surface area (Å²) in [7, 11) is 3.53. The van der Waals surface area contributed by atoms with Crippen LogP contribution in [0.3, 0.4) is 0 Å². The number of hydrogen-bond donors (Lipinski definition) is 1. The number of rotatable bonds is 7. The number of benzene rings is 2. The highest BCUT2D eigenvalue weighted by molar-refractivity contribution is 5.89. The number of fused-ring (bicyclic) bond motifs is 1. The normalized spacial score (nSPS) is 14.1. The molecular formula is C25H27NO5. The van der Waals surface area contributed by atoms with Crippen molar-refractivity contribution in [3.05, 3.63) is 64.8 Å². The fraction of sp³-hybridized carbons (Fsp3) is 0.360. The van der Waals surface area contributed by atoms with Gasteiger partial charge in [-0.25, -0.2) is 4.79 Å². The summed E-state index contributed by atoms with van der Waals surface area (Å²) in [6, 6.07) is 11.0. The molecule has 6 heteroatoms. The molecule has 1 aromatic heterocycles. The Morgan fingerprint density at radius 3 is 2.58 bits per heavy atom. The van der Waals surface area contributed by atoms with Gasteiger partial charge in [0, 0.05) is 30.6 Å². The molecule has 1 fully saturated rings. The number of nitrogens with zero attached hydrogens (tertiary/aromatic N) is 1. The van der Waals surface area contributed by atoms with Crippen molar-refractivity contribution in [2.75, 3.05) is 7.11 Å². The van der Waals surface area contributed by atoms with Crippen molar-refractivity contribution in [3.8, 4) is 5.75 Å². The molecule has 3 aromatic rings. The van der Waals surface area contributed by atoms with Crippen LogP contribution in [-0.4, -0.2) is 34.8 Å². The molecule has 0 unspecified atom stereocenters. The molecule has 0 atom stereocenters. The van der Waals surface area contributed by atoms with Crippen LogP contribution < -0.4 is 4.74 Å². The van der Waals surface area contributed by atoms with Gasteiger partial charge >= 0.3 is 11.9 Å². The largest absolute Gasteiger partial charge is 0.496 e. The molecule has 1 aliphatic carbocycles. The van der Waals surface area contributed by atoms with Crippen LogP contribution >= 0.6 is 0 Å². The number of methoxy groups -OCH3 is 1. The fourth-order valence-electron chi connectivity index (χ4n) is 4.40. The van der Waals surface area contributed by atoms with Gasteiger partial charge in [0.25, 0.3) is 0 Å². The summed E-state index contributed by atoms with van der Waals surface area (Å²) < 4.78 is 13.1. The first kappa shape index (κ1) is 21.0. The average molecular weight is 421 g/mol. The SMILES string of the molecule is COc1cc(C(=O)O)ccc1Cc1cn(C)c2ccc(CC(=O)OC3CCCC3)cc12. The molecule has 31 heavy (non-hydrogen) atoms. The van der Waals surface area contributed by atoms with E-state index in [9.17, 15) is 14.7 Å². The second-order valence-corrected chi connectivity index (χ2v) is 8.20. The second kappa shape index (κ2) is 8.84. The molecule has 162 valence electrons. The molecule has 1 N–H and O–H groups in total. The molecule has 1 saturated carbocycles. The van der Waals surface area contributed by atoms with E-state index in [-0.39, 0.29) is 24.1 Å². The topological polar surface area (TPSA) is 77.8 Å². The number of carbonyl (C=O) groups is 2. The van der Waals surface area contributed by atoms with Crippen molar-refractivity contribution in [1.29, 1.82) is 0 Å². The number of aromatic carboxylic acids is 1. The second-order valence-electron chi connectivity index (χ2n) is 8.20. The lowest BCUT2D eigenvalue weighted by Crippen LogP contribution is -2.16. The van der Waals surface area contributed by atoms with Crippen molar-refractivity contribution in [2.45, 2.75) is 44.6 Å². The quantitative estimate of drug-likeness (QED) is 0.568. The minimum atomic E-state index is -0.982. The number of carboxylic acid groups (broad SMARTS) is 1. The third-order valence-corrected chi connectivity index (χ3v) is 6.00. The zero-order valence-electron chi connectivity index (χ0n) is 17.9. The van der Waals surface area contributed by atoms with Gasteiger partial charge in [-0.1, -0.05) is 12.1 Å². The van der Waals surface area contributed by atoms with E-state index in [0.717, 1.165) is 53.3 Å². The maximum absolute atomic E-state index is 12.4. The van der Waals surface area contributed by atoms with E-state index in [0.29, 0.717) is 12.2 Å². The smallest absolute Gasteiger partial charge is 0.335 e. The van der Waals surface area contributed by atoms with E-state index < -0.39 is 5.97 Å². The Labute approximate surface area is 181 Å². The maximum Gasteiger partial charge on any atom is 0.335 e. The molecule has 1 aliphatic rings. The molecule has 1 heterocycles. The minimum absolute atomic E-state index is 0.0738. The number of aryl methyl sites for hydroxylation is 1. The summed E-state index contributed by atoms with van der Waals surface area (Å²) in [6.07, 6.45) is 7.20. The van der Waals surface area contributed by atoms with Crippen LogP contribution in [0.4, 0.5) is 0 Å². The third kappa shape index (κ3) is 4.58. The molecule has 0 bridgehead atoms. The molecule has 0 amide bonds. The maximum atomic E-state index is 12.4. The number of ether oxygens (including phenoxy) is 2. The first-order valence-corrected chi connectivity index (χ1v) is 10.6. The average Bonchev–Trinajstić information content (AvgIpc) is 3.36. The van der Waals surface area contributed by atoms with Crippen LogP contribution in [0, 0.1) is 0 Å².